The number of carbonyl (C=O) groups excluding carboxylic acids is 1. The van der Waals surface area contributed by atoms with E-state index in [1.807, 2.05) is 12.1 Å². The molecule has 1 aliphatic carbocycles. The molecule has 108 valence electrons. The molecule has 4 heteroatoms. The Morgan fingerprint density at radius 2 is 2.05 bits per heavy atom. The van der Waals surface area contributed by atoms with Crippen LogP contribution in [0.5, 0.6) is 0 Å². The molecule has 0 aromatic carbocycles. The second-order valence-corrected chi connectivity index (χ2v) is 6.60. The van der Waals surface area contributed by atoms with Crippen LogP contribution >= 0.6 is 0 Å². The maximum atomic E-state index is 12.7. The summed E-state index contributed by atoms with van der Waals surface area (Å²) in [4.78, 5) is 17.4. The van der Waals surface area contributed by atoms with Crippen LogP contribution in [-0.2, 0) is 0 Å². The van der Waals surface area contributed by atoms with E-state index in [-0.39, 0.29) is 5.91 Å². The molecule has 2 aliphatic heterocycles. The summed E-state index contributed by atoms with van der Waals surface area (Å²) in [6, 6.07) is 4.85. The molecular formula is C16H23N3O. The van der Waals surface area contributed by atoms with Crippen molar-refractivity contribution in [3.05, 3.63) is 24.0 Å². The molecule has 2 atom stereocenters. The van der Waals surface area contributed by atoms with E-state index < -0.39 is 0 Å². The molecule has 1 saturated heterocycles. The molecule has 1 aromatic rings. The Balaban J connectivity index is 1.65. The zero-order chi connectivity index (χ0) is 13.7. The standard InChI is InChI=1S/C16H23N3O/c1-2-7-17-10-14-15(11-17)19(9-12-5-6-12)16(20)13-4-3-8-18(13)14/h3-4,8,12,14-15H,2,5-7,9-11H2,1H3/t14-,15+/m1/s1. The van der Waals surface area contributed by atoms with Crippen LogP contribution in [0.2, 0.25) is 0 Å². The highest BCUT2D eigenvalue weighted by Crippen LogP contribution is 2.37. The zero-order valence-electron chi connectivity index (χ0n) is 12.2. The highest BCUT2D eigenvalue weighted by Gasteiger charge is 2.45. The van der Waals surface area contributed by atoms with Crippen LogP contribution in [0.3, 0.4) is 0 Å². The molecule has 0 unspecified atom stereocenters. The lowest BCUT2D eigenvalue weighted by Crippen LogP contribution is -2.51. The van der Waals surface area contributed by atoms with E-state index in [9.17, 15) is 4.79 Å². The van der Waals surface area contributed by atoms with Crippen molar-refractivity contribution in [2.75, 3.05) is 26.2 Å². The minimum Gasteiger partial charge on any atom is -0.337 e. The van der Waals surface area contributed by atoms with Gasteiger partial charge in [0.15, 0.2) is 0 Å². The van der Waals surface area contributed by atoms with Gasteiger partial charge in [-0.1, -0.05) is 6.92 Å². The van der Waals surface area contributed by atoms with Gasteiger partial charge in [-0.25, -0.2) is 0 Å². The van der Waals surface area contributed by atoms with Crippen molar-refractivity contribution in [1.29, 1.82) is 0 Å². The number of hydrogen-bond acceptors (Lipinski definition) is 2. The van der Waals surface area contributed by atoms with Gasteiger partial charge in [-0.15, -0.1) is 0 Å². The molecule has 3 aliphatic rings. The van der Waals surface area contributed by atoms with Gasteiger partial charge in [0.05, 0.1) is 12.1 Å². The second-order valence-electron chi connectivity index (χ2n) is 6.60. The summed E-state index contributed by atoms with van der Waals surface area (Å²) in [5.74, 6) is 1.02. The number of rotatable bonds is 4. The highest BCUT2D eigenvalue weighted by molar-refractivity contribution is 5.94. The largest absolute Gasteiger partial charge is 0.337 e. The predicted molar refractivity (Wildman–Crippen MR) is 77.7 cm³/mol. The first-order chi connectivity index (χ1) is 9.78. The smallest absolute Gasteiger partial charge is 0.270 e. The predicted octanol–water partition coefficient (Wildman–Crippen LogP) is 1.99. The summed E-state index contributed by atoms with van der Waals surface area (Å²) < 4.78 is 2.23. The van der Waals surface area contributed by atoms with E-state index in [4.69, 9.17) is 0 Å². The van der Waals surface area contributed by atoms with Gasteiger partial charge in [-0.3, -0.25) is 9.69 Å². The van der Waals surface area contributed by atoms with E-state index in [1.165, 1.54) is 19.3 Å². The van der Waals surface area contributed by atoms with Gasteiger partial charge >= 0.3 is 0 Å². The molecule has 4 rings (SSSR count). The van der Waals surface area contributed by atoms with Crippen LogP contribution in [0.1, 0.15) is 42.7 Å². The first kappa shape index (κ1) is 12.5. The monoisotopic (exact) mass is 273 g/mol. The SMILES string of the molecule is CCCN1C[C@@H]2[C@H](C1)N(CC1CC1)C(=O)c1cccn12. The maximum Gasteiger partial charge on any atom is 0.270 e. The van der Waals surface area contributed by atoms with Crippen molar-refractivity contribution < 1.29 is 4.79 Å². The van der Waals surface area contributed by atoms with Crippen LogP contribution < -0.4 is 0 Å². The van der Waals surface area contributed by atoms with E-state index >= 15 is 0 Å². The molecule has 4 nitrogen and oxygen atoms in total. The van der Waals surface area contributed by atoms with Crippen LogP contribution in [0.15, 0.2) is 18.3 Å². The second kappa shape index (κ2) is 4.62. The molecule has 0 spiro atoms. The van der Waals surface area contributed by atoms with Crippen molar-refractivity contribution >= 4 is 5.91 Å². The molecule has 1 amide bonds. The summed E-state index contributed by atoms with van der Waals surface area (Å²) in [7, 11) is 0. The number of nitrogens with zero attached hydrogens (tertiary/aromatic N) is 3. The molecule has 2 fully saturated rings. The topological polar surface area (TPSA) is 28.5 Å². The third-order valence-electron chi connectivity index (χ3n) is 5.04. The molecule has 1 saturated carbocycles. The normalized spacial score (nSPS) is 29.6. The van der Waals surface area contributed by atoms with E-state index in [1.54, 1.807) is 0 Å². The number of amides is 1. The van der Waals surface area contributed by atoms with Gasteiger partial charge in [-0.05, 0) is 43.9 Å². The Kier molecular flexibility index (Phi) is 2.88. The summed E-state index contributed by atoms with van der Waals surface area (Å²) in [6.45, 7) is 6.50. The van der Waals surface area contributed by atoms with Crippen molar-refractivity contribution in [2.24, 2.45) is 5.92 Å². The van der Waals surface area contributed by atoms with Crippen molar-refractivity contribution in [3.63, 3.8) is 0 Å². The fraction of sp³-hybridized carbons (Fsp3) is 0.688. The quantitative estimate of drug-likeness (QED) is 0.839. The lowest BCUT2D eigenvalue weighted by molar-refractivity contribution is 0.0565. The van der Waals surface area contributed by atoms with E-state index in [0.29, 0.717) is 12.1 Å². The molecule has 0 bridgehead atoms. The fourth-order valence-corrected chi connectivity index (χ4v) is 3.88. The van der Waals surface area contributed by atoms with E-state index in [0.717, 1.165) is 37.8 Å². The Hall–Kier alpha value is -1.29. The van der Waals surface area contributed by atoms with Gasteiger partial charge in [0, 0.05) is 25.8 Å². The number of carbonyl (C=O) groups is 1. The first-order valence-corrected chi connectivity index (χ1v) is 7.98. The lowest BCUT2D eigenvalue weighted by atomic mass is 10.1. The summed E-state index contributed by atoms with van der Waals surface area (Å²) in [6.07, 6.45) is 5.89. The van der Waals surface area contributed by atoms with Crippen LogP contribution in [0.25, 0.3) is 0 Å². The Morgan fingerprint density at radius 3 is 2.80 bits per heavy atom. The molecule has 0 N–H and O–H groups in total. The number of aromatic nitrogens is 1. The number of fused-ring (bicyclic) bond motifs is 3. The third kappa shape index (κ3) is 1.89. The van der Waals surface area contributed by atoms with Crippen LogP contribution in [0.4, 0.5) is 0 Å². The summed E-state index contributed by atoms with van der Waals surface area (Å²) >= 11 is 0. The van der Waals surface area contributed by atoms with Crippen LogP contribution in [0, 0.1) is 5.92 Å². The maximum absolute atomic E-state index is 12.7. The van der Waals surface area contributed by atoms with Gasteiger partial charge in [0.2, 0.25) is 0 Å². The number of hydrogen-bond donors (Lipinski definition) is 0. The van der Waals surface area contributed by atoms with Gasteiger partial charge < -0.3 is 9.47 Å². The number of likely N-dealkylation sites (tertiary alicyclic amines) is 1. The van der Waals surface area contributed by atoms with E-state index in [2.05, 4.69) is 27.5 Å². The van der Waals surface area contributed by atoms with Gasteiger partial charge in [0.1, 0.15) is 5.69 Å². The summed E-state index contributed by atoms with van der Waals surface area (Å²) in [5, 5.41) is 0. The average Bonchev–Trinajstić information content (AvgIpc) is 2.96. The minimum atomic E-state index is 0.251. The van der Waals surface area contributed by atoms with Gasteiger partial charge in [-0.2, -0.15) is 0 Å². The Bertz CT molecular complexity index is 520. The first-order valence-electron chi connectivity index (χ1n) is 7.98. The average molecular weight is 273 g/mol. The zero-order valence-corrected chi connectivity index (χ0v) is 12.2. The molecular weight excluding hydrogens is 250 g/mol. The van der Waals surface area contributed by atoms with Crippen molar-refractivity contribution in [3.8, 4) is 0 Å². The minimum absolute atomic E-state index is 0.251. The Morgan fingerprint density at radius 1 is 1.25 bits per heavy atom. The third-order valence-corrected chi connectivity index (χ3v) is 5.04. The summed E-state index contributed by atoms with van der Waals surface area (Å²) in [5.41, 5.74) is 0.894. The highest BCUT2D eigenvalue weighted by atomic mass is 16.2. The fourth-order valence-electron chi connectivity index (χ4n) is 3.88. The lowest BCUT2D eigenvalue weighted by Gasteiger charge is -2.38. The van der Waals surface area contributed by atoms with Crippen molar-refractivity contribution in [1.82, 2.24) is 14.4 Å². The molecule has 3 heterocycles. The van der Waals surface area contributed by atoms with Gasteiger partial charge in [0.25, 0.3) is 5.91 Å². The molecule has 0 radical (unpaired) electrons. The van der Waals surface area contributed by atoms with Crippen LogP contribution in [-0.4, -0.2) is 52.5 Å². The molecule has 1 aromatic heterocycles. The van der Waals surface area contributed by atoms with Crippen molar-refractivity contribution in [2.45, 2.75) is 38.3 Å². The Labute approximate surface area is 120 Å². The molecule has 20 heavy (non-hydrogen) atoms.